The van der Waals surface area contributed by atoms with Crippen molar-refractivity contribution in [3.8, 4) is 0 Å². The lowest BCUT2D eigenvalue weighted by Gasteiger charge is -2.25. The van der Waals surface area contributed by atoms with Crippen molar-refractivity contribution in [2.75, 3.05) is 25.0 Å². The summed E-state index contributed by atoms with van der Waals surface area (Å²) in [5, 5.41) is 6.95. The lowest BCUT2D eigenvalue weighted by molar-refractivity contribution is 0.410. The Labute approximate surface area is 162 Å². The highest BCUT2D eigenvalue weighted by atomic mass is 127. The largest absolute Gasteiger partial charge is 0.357 e. The molecule has 0 radical (unpaired) electrons. The summed E-state index contributed by atoms with van der Waals surface area (Å²) in [6.07, 6.45) is 11.1. The minimum Gasteiger partial charge on any atom is -0.357 e. The molecule has 1 saturated heterocycles. The molecule has 1 aromatic heterocycles. The molecule has 2 fully saturated rings. The van der Waals surface area contributed by atoms with Crippen LogP contribution in [-0.2, 0) is 6.54 Å². The third-order valence-electron chi connectivity index (χ3n) is 4.87. The minimum absolute atomic E-state index is 0. The maximum atomic E-state index is 4.61. The first-order chi connectivity index (χ1) is 11.3. The Balaban J connectivity index is 0.00000208. The predicted molar refractivity (Wildman–Crippen MR) is 111 cm³/mol. The van der Waals surface area contributed by atoms with Crippen LogP contribution in [0, 0.1) is 0 Å². The van der Waals surface area contributed by atoms with Gasteiger partial charge in [0.1, 0.15) is 5.82 Å². The molecule has 2 heterocycles. The van der Waals surface area contributed by atoms with Gasteiger partial charge in [-0.1, -0.05) is 25.3 Å². The number of rotatable bonds is 4. The standard InChI is InChI=1S/C18H29N5.HI/c1-19-18(22-16-7-3-2-4-8-16)21-14-15-9-10-17(20-13-15)23-11-5-6-12-23;/h9-10,13,16H,2-8,11-12,14H2,1H3,(H2,19,21,22);1H. The fourth-order valence-electron chi connectivity index (χ4n) is 3.48. The van der Waals surface area contributed by atoms with Crippen LogP contribution < -0.4 is 15.5 Å². The van der Waals surface area contributed by atoms with Crippen LogP contribution in [-0.4, -0.2) is 37.1 Å². The van der Waals surface area contributed by atoms with Crippen molar-refractivity contribution in [1.82, 2.24) is 15.6 Å². The molecule has 2 aliphatic rings. The second-order valence-corrected chi connectivity index (χ2v) is 6.62. The molecule has 6 heteroatoms. The van der Waals surface area contributed by atoms with Crippen LogP contribution >= 0.6 is 24.0 Å². The van der Waals surface area contributed by atoms with Crippen LogP contribution in [0.2, 0.25) is 0 Å². The average Bonchev–Trinajstić information content (AvgIpc) is 3.14. The second kappa shape index (κ2) is 10.1. The van der Waals surface area contributed by atoms with Gasteiger partial charge in [0.25, 0.3) is 0 Å². The van der Waals surface area contributed by atoms with E-state index in [2.05, 4.69) is 37.6 Å². The van der Waals surface area contributed by atoms with Crippen molar-refractivity contribution in [2.45, 2.75) is 57.5 Å². The van der Waals surface area contributed by atoms with Gasteiger partial charge in [-0.25, -0.2) is 4.98 Å². The highest BCUT2D eigenvalue weighted by Crippen LogP contribution is 2.18. The first-order valence-electron chi connectivity index (χ1n) is 9.02. The fraction of sp³-hybridized carbons (Fsp3) is 0.667. The van der Waals surface area contributed by atoms with Crippen molar-refractivity contribution in [3.05, 3.63) is 23.9 Å². The summed E-state index contributed by atoms with van der Waals surface area (Å²) >= 11 is 0. The fourth-order valence-corrected chi connectivity index (χ4v) is 3.48. The van der Waals surface area contributed by atoms with E-state index in [0.717, 1.165) is 31.4 Å². The van der Waals surface area contributed by atoms with Crippen LogP contribution in [0.5, 0.6) is 0 Å². The Morgan fingerprint density at radius 2 is 1.92 bits per heavy atom. The summed E-state index contributed by atoms with van der Waals surface area (Å²) in [6, 6.07) is 4.88. The lowest BCUT2D eigenvalue weighted by Crippen LogP contribution is -2.43. The van der Waals surface area contributed by atoms with Crippen molar-refractivity contribution in [3.63, 3.8) is 0 Å². The number of nitrogens with zero attached hydrogens (tertiary/aromatic N) is 3. The summed E-state index contributed by atoms with van der Waals surface area (Å²) in [7, 11) is 1.84. The van der Waals surface area contributed by atoms with E-state index in [4.69, 9.17) is 0 Å². The zero-order chi connectivity index (χ0) is 15.9. The van der Waals surface area contributed by atoms with Crippen LogP contribution in [0.4, 0.5) is 5.82 Å². The molecule has 1 aromatic rings. The number of aromatic nitrogens is 1. The number of hydrogen-bond donors (Lipinski definition) is 2. The molecule has 0 amide bonds. The molecule has 0 aromatic carbocycles. The van der Waals surface area contributed by atoms with E-state index in [-0.39, 0.29) is 24.0 Å². The molecule has 1 saturated carbocycles. The van der Waals surface area contributed by atoms with Gasteiger partial charge in [0.05, 0.1) is 0 Å². The van der Waals surface area contributed by atoms with Crippen LogP contribution in [0.3, 0.4) is 0 Å². The quantitative estimate of drug-likeness (QED) is 0.426. The zero-order valence-electron chi connectivity index (χ0n) is 14.6. The summed E-state index contributed by atoms with van der Waals surface area (Å²) in [6.45, 7) is 3.05. The Morgan fingerprint density at radius 3 is 2.54 bits per heavy atom. The van der Waals surface area contributed by atoms with E-state index in [1.807, 2.05) is 13.2 Å². The minimum atomic E-state index is 0. The van der Waals surface area contributed by atoms with Crippen LogP contribution in [0.15, 0.2) is 23.3 Å². The maximum absolute atomic E-state index is 4.61. The first kappa shape index (κ1) is 19.3. The Hall–Kier alpha value is -1.05. The van der Waals surface area contributed by atoms with Gasteiger partial charge >= 0.3 is 0 Å². The number of aliphatic imine (C=N–C) groups is 1. The van der Waals surface area contributed by atoms with E-state index < -0.39 is 0 Å². The number of guanidine groups is 1. The number of nitrogens with one attached hydrogen (secondary N) is 2. The molecule has 0 atom stereocenters. The summed E-state index contributed by atoms with van der Waals surface area (Å²) in [4.78, 5) is 11.3. The van der Waals surface area contributed by atoms with Gasteiger partial charge in [-0.05, 0) is 37.3 Å². The van der Waals surface area contributed by atoms with Crippen molar-refractivity contribution in [2.24, 2.45) is 4.99 Å². The topological polar surface area (TPSA) is 52.6 Å². The highest BCUT2D eigenvalue weighted by Gasteiger charge is 2.15. The third kappa shape index (κ3) is 5.50. The normalized spacial score (nSPS) is 19.0. The molecule has 24 heavy (non-hydrogen) atoms. The van der Waals surface area contributed by atoms with Gasteiger partial charge in [0, 0.05) is 38.9 Å². The monoisotopic (exact) mass is 443 g/mol. The number of pyridine rings is 1. The van der Waals surface area contributed by atoms with Crippen molar-refractivity contribution >= 4 is 35.8 Å². The van der Waals surface area contributed by atoms with Gasteiger partial charge in [0.15, 0.2) is 5.96 Å². The average molecular weight is 443 g/mol. The molecule has 1 aliphatic heterocycles. The highest BCUT2D eigenvalue weighted by molar-refractivity contribution is 14.0. The van der Waals surface area contributed by atoms with Gasteiger partial charge in [0.2, 0.25) is 0 Å². The Morgan fingerprint density at radius 1 is 1.17 bits per heavy atom. The summed E-state index contributed by atoms with van der Waals surface area (Å²) in [5.41, 5.74) is 1.19. The number of halogens is 1. The molecule has 1 aliphatic carbocycles. The number of hydrogen-bond acceptors (Lipinski definition) is 3. The predicted octanol–water partition coefficient (Wildman–Crippen LogP) is 3.30. The van der Waals surface area contributed by atoms with E-state index >= 15 is 0 Å². The molecule has 0 unspecified atom stereocenters. The molecule has 0 spiro atoms. The maximum Gasteiger partial charge on any atom is 0.191 e. The smallest absolute Gasteiger partial charge is 0.191 e. The molecule has 3 rings (SSSR count). The molecule has 0 bridgehead atoms. The zero-order valence-corrected chi connectivity index (χ0v) is 17.0. The van der Waals surface area contributed by atoms with Crippen molar-refractivity contribution < 1.29 is 0 Å². The molecule has 5 nitrogen and oxygen atoms in total. The van der Waals surface area contributed by atoms with Crippen LogP contribution in [0.25, 0.3) is 0 Å². The molecule has 2 N–H and O–H groups in total. The summed E-state index contributed by atoms with van der Waals surface area (Å²) < 4.78 is 0. The lowest BCUT2D eigenvalue weighted by atomic mass is 9.96. The molecular formula is C18H30IN5. The van der Waals surface area contributed by atoms with E-state index in [1.165, 1.54) is 50.5 Å². The second-order valence-electron chi connectivity index (χ2n) is 6.62. The van der Waals surface area contributed by atoms with Gasteiger partial charge in [-0.15, -0.1) is 24.0 Å². The van der Waals surface area contributed by atoms with E-state index in [9.17, 15) is 0 Å². The Kier molecular flexibility index (Phi) is 8.08. The van der Waals surface area contributed by atoms with Gasteiger partial charge in [-0.3, -0.25) is 4.99 Å². The molecular weight excluding hydrogens is 413 g/mol. The number of anilines is 1. The molecule has 134 valence electrons. The van der Waals surface area contributed by atoms with E-state index in [1.54, 1.807) is 0 Å². The third-order valence-corrected chi connectivity index (χ3v) is 4.87. The van der Waals surface area contributed by atoms with Crippen molar-refractivity contribution in [1.29, 1.82) is 0 Å². The van der Waals surface area contributed by atoms with Gasteiger partial charge in [-0.2, -0.15) is 0 Å². The van der Waals surface area contributed by atoms with E-state index in [0.29, 0.717) is 6.04 Å². The van der Waals surface area contributed by atoms with Gasteiger partial charge < -0.3 is 15.5 Å². The SMILES string of the molecule is CN=C(NCc1ccc(N2CCCC2)nc1)NC1CCCCC1.I. The summed E-state index contributed by atoms with van der Waals surface area (Å²) in [5.74, 6) is 2.01. The van der Waals surface area contributed by atoms with Crippen LogP contribution in [0.1, 0.15) is 50.5 Å². The Bertz CT molecular complexity index is 505. The first-order valence-corrected chi connectivity index (χ1v) is 9.02.